The molecule has 0 aliphatic carbocycles. The minimum Gasteiger partial charge on any atom is -0.396 e. The van der Waals surface area contributed by atoms with E-state index in [1.165, 1.54) is 12.1 Å². The van der Waals surface area contributed by atoms with Gasteiger partial charge in [0.25, 0.3) is 5.91 Å². The van der Waals surface area contributed by atoms with Gasteiger partial charge >= 0.3 is 0 Å². The summed E-state index contributed by atoms with van der Waals surface area (Å²) in [4.78, 5) is 14.0. The Labute approximate surface area is 107 Å². The molecule has 0 aliphatic rings. The highest BCUT2D eigenvalue weighted by Crippen LogP contribution is 2.15. The van der Waals surface area contributed by atoms with Crippen molar-refractivity contribution in [3.8, 4) is 0 Å². The molecule has 0 bridgehead atoms. The smallest absolute Gasteiger partial charge is 0.254 e. The largest absolute Gasteiger partial charge is 0.396 e. The highest BCUT2D eigenvalue weighted by Gasteiger charge is 2.20. The minimum atomic E-state index is -0.408. The Bertz CT molecular complexity index is 418. The van der Waals surface area contributed by atoms with Crippen molar-refractivity contribution in [1.82, 2.24) is 4.90 Å². The molecule has 0 aliphatic heterocycles. The van der Waals surface area contributed by atoms with Crippen LogP contribution in [0.1, 0.15) is 36.2 Å². The molecule has 0 spiro atoms. The van der Waals surface area contributed by atoms with Crippen LogP contribution < -0.4 is 0 Å². The summed E-state index contributed by atoms with van der Waals surface area (Å²) in [5.41, 5.74) is 1.15. The van der Waals surface area contributed by atoms with Crippen molar-refractivity contribution >= 4 is 5.91 Å². The highest BCUT2D eigenvalue weighted by atomic mass is 19.1. The molecule has 4 heteroatoms. The summed E-state index contributed by atoms with van der Waals surface area (Å²) in [6.45, 7) is 6.12. The Morgan fingerprint density at radius 2 is 2.11 bits per heavy atom. The van der Waals surface area contributed by atoms with Crippen LogP contribution in [0.2, 0.25) is 0 Å². The quantitative estimate of drug-likeness (QED) is 0.875. The predicted octanol–water partition coefficient (Wildman–Crippen LogP) is 2.37. The van der Waals surface area contributed by atoms with Crippen molar-refractivity contribution in [2.75, 3.05) is 13.2 Å². The number of benzene rings is 1. The maximum absolute atomic E-state index is 13.2. The number of amides is 1. The number of carbonyl (C=O) groups excluding carboxylic acids is 1. The van der Waals surface area contributed by atoms with Crippen LogP contribution in [0.5, 0.6) is 0 Å². The lowest BCUT2D eigenvalue weighted by atomic mass is 10.1. The second-order valence-electron chi connectivity index (χ2n) is 4.63. The summed E-state index contributed by atoms with van der Waals surface area (Å²) < 4.78 is 13.2. The Kier molecular flexibility index (Phi) is 5.28. The molecule has 0 saturated heterocycles. The monoisotopic (exact) mass is 253 g/mol. The van der Waals surface area contributed by atoms with Crippen LogP contribution in [0.4, 0.5) is 4.39 Å². The SMILES string of the molecule is Cc1ccc(F)cc1C(=O)N(CCCO)C(C)C. The number of aryl methyl sites for hydroxylation is 1. The second kappa shape index (κ2) is 6.50. The van der Waals surface area contributed by atoms with Crippen LogP contribution in [0.25, 0.3) is 0 Å². The fourth-order valence-electron chi connectivity index (χ4n) is 1.81. The molecular weight excluding hydrogens is 233 g/mol. The molecule has 100 valence electrons. The predicted molar refractivity (Wildman–Crippen MR) is 69.0 cm³/mol. The Morgan fingerprint density at radius 1 is 1.44 bits per heavy atom. The number of hydrogen-bond donors (Lipinski definition) is 1. The van der Waals surface area contributed by atoms with Crippen LogP contribution in [0.3, 0.4) is 0 Å². The van der Waals surface area contributed by atoms with Crippen molar-refractivity contribution in [2.45, 2.75) is 33.2 Å². The van der Waals surface area contributed by atoms with Gasteiger partial charge in [0.05, 0.1) is 0 Å². The molecule has 0 atom stereocenters. The summed E-state index contributed by atoms with van der Waals surface area (Å²) in [5.74, 6) is -0.592. The van der Waals surface area contributed by atoms with Crippen molar-refractivity contribution in [1.29, 1.82) is 0 Å². The normalized spacial score (nSPS) is 10.8. The maximum Gasteiger partial charge on any atom is 0.254 e. The maximum atomic E-state index is 13.2. The van der Waals surface area contributed by atoms with Crippen LogP contribution in [0.15, 0.2) is 18.2 Å². The average Bonchev–Trinajstić information content (AvgIpc) is 2.32. The molecule has 0 aromatic heterocycles. The number of aliphatic hydroxyl groups excluding tert-OH is 1. The molecule has 0 heterocycles. The van der Waals surface area contributed by atoms with E-state index < -0.39 is 5.82 Å². The Hall–Kier alpha value is -1.42. The first kappa shape index (κ1) is 14.6. The number of aliphatic hydroxyl groups is 1. The Balaban J connectivity index is 2.98. The first-order valence-corrected chi connectivity index (χ1v) is 6.15. The van der Waals surface area contributed by atoms with Crippen molar-refractivity contribution in [2.24, 2.45) is 0 Å². The number of hydrogen-bond acceptors (Lipinski definition) is 2. The van der Waals surface area contributed by atoms with E-state index in [1.54, 1.807) is 17.9 Å². The van der Waals surface area contributed by atoms with Crippen molar-refractivity contribution in [3.05, 3.63) is 35.1 Å². The molecule has 1 aromatic rings. The zero-order valence-corrected chi connectivity index (χ0v) is 11.1. The fourth-order valence-corrected chi connectivity index (χ4v) is 1.81. The zero-order valence-electron chi connectivity index (χ0n) is 11.1. The number of rotatable bonds is 5. The highest BCUT2D eigenvalue weighted by molar-refractivity contribution is 5.95. The van der Waals surface area contributed by atoms with Crippen LogP contribution in [-0.2, 0) is 0 Å². The van der Waals surface area contributed by atoms with Crippen LogP contribution in [0, 0.1) is 12.7 Å². The molecule has 0 radical (unpaired) electrons. The summed E-state index contributed by atoms with van der Waals surface area (Å²) in [6.07, 6.45) is 0.526. The van der Waals surface area contributed by atoms with Gasteiger partial charge in [0.15, 0.2) is 0 Å². The standard InChI is InChI=1S/C14H20FNO2/c1-10(2)16(7-4-8-17)14(18)13-9-12(15)6-5-11(13)3/h5-6,9-10,17H,4,7-8H2,1-3H3. The van der Waals surface area contributed by atoms with Gasteiger partial charge in [0, 0.05) is 24.8 Å². The van der Waals surface area contributed by atoms with Crippen molar-refractivity contribution in [3.63, 3.8) is 0 Å². The molecule has 3 nitrogen and oxygen atoms in total. The van der Waals surface area contributed by atoms with Gasteiger partial charge in [-0.25, -0.2) is 4.39 Å². The van der Waals surface area contributed by atoms with Gasteiger partial charge in [-0.2, -0.15) is 0 Å². The molecule has 1 rings (SSSR count). The summed E-state index contributed by atoms with van der Waals surface area (Å²) in [7, 11) is 0. The lowest BCUT2D eigenvalue weighted by molar-refractivity contribution is 0.0692. The van der Waals surface area contributed by atoms with Gasteiger partial charge in [0.2, 0.25) is 0 Å². The fraction of sp³-hybridized carbons (Fsp3) is 0.500. The van der Waals surface area contributed by atoms with E-state index in [0.29, 0.717) is 18.5 Å². The zero-order chi connectivity index (χ0) is 13.7. The topological polar surface area (TPSA) is 40.5 Å². The summed E-state index contributed by atoms with van der Waals surface area (Å²) in [6, 6.07) is 4.24. The molecule has 1 amide bonds. The molecule has 18 heavy (non-hydrogen) atoms. The average molecular weight is 253 g/mol. The van der Waals surface area contributed by atoms with Gasteiger partial charge in [-0.1, -0.05) is 6.07 Å². The Morgan fingerprint density at radius 3 is 2.67 bits per heavy atom. The lowest BCUT2D eigenvalue weighted by Gasteiger charge is -2.27. The molecule has 0 unspecified atom stereocenters. The third-order valence-corrected chi connectivity index (χ3v) is 2.87. The molecule has 0 fully saturated rings. The number of nitrogens with zero attached hydrogens (tertiary/aromatic N) is 1. The van der Waals surface area contributed by atoms with E-state index in [1.807, 2.05) is 13.8 Å². The van der Waals surface area contributed by atoms with E-state index in [9.17, 15) is 9.18 Å². The number of halogens is 1. The van der Waals surface area contributed by atoms with E-state index in [-0.39, 0.29) is 18.6 Å². The number of carbonyl (C=O) groups is 1. The second-order valence-corrected chi connectivity index (χ2v) is 4.63. The first-order chi connectivity index (χ1) is 8.47. The van der Waals surface area contributed by atoms with Crippen LogP contribution >= 0.6 is 0 Å². The molecular formula is C14H20FNO2. The third kappa shape index (κ3) is 3.53. The van der Waals surface area contributed by atoms with Gasteiger partial charge < -0.3 is 10.0 Å². The van der Waals surface area contributed by atoms with Gasteiger partial charge in [-0.3, -0.25) is 4.79 Å². The van der Waals surface area contributed by atoms with Gasteiger partial charge in [-0.05, 0) is 44.9 Å². The third-order valence-electron chi connectivity index (χ3n) is 2.87. The lowest BCUT2D eigenvalue weighted by Crippen LogP contribution is -2.38. The van der Waals surface area contributed by atoms with Crippen LogP contribution in [-0.4, -0.2) is 35.1 Å². The molecule has 0 saturated carbocycles. The van der Waals surface area contributed by atoms with Crippen molar-refractivity contribution < 1.29 is 14.3 Å². The summed E-state index contributed by atoms with van der Waals surface area (Å²) in [5, 5.41) is 8.85. The van der Waals surface area contributed by atoms with E-state index in [2.05, 4.69) is 0 Å². The minimum absolute atomic E-state index is 0.0201. The van der Waals surface area contributed by atoms with E-state index >= 15 is 0 Å². The molecule has 1 aromatic carbocycles. The van der Waals surface area contributed by atoms with E-state index in [0.717, 1.165) is 5.56 Å². The molecule has 1 N–H and O–H groups in total. The summed E-state index contributed by atoms with van der Waals surface area (Å²) >= 11 is 0. The first-order valence-electron chi connectivity index (χ1n) is 6.15. The van der Waals surface area contributed by atoms with Gasteiger partial charge in [0.1, 0.15) is 5.82 Å². The van der Waals surface area contributed by atoms with E-state index in [4.69, 9.17) is 5.11 Å². The van der Waals surface area contributed by atoms with Gasteiger partial charge in [-0.15, -0.1) is 0 Å².